The average molecular weight is 254 g/mol. The monoisotopic (exact) mass is 254 g/mol. The summed E-state index contributed by atoms with van der Waals surface area (Å²) in [5.74, 6) is 0.157. The van der Waals surface area contributed by atoms with Gasteiger partial charge >= 0.3 is 0 Å². The van der Waals surface area contributed by atoms with E-state index in [2.05, 4.69) is 0 Å². The highest BCUT2D eigenvalue weighted by molar-refractivity contribution is 5.95. The molecule has 2 aliphatic rings. The molecule has 5 heteroatoms. The highest BCUT2D eigenvalue weighted by Gasteiger charge is 2.43. The van der Waals surface area contributed by atoms with E-state index in [9.17, 15) is 9.59 Å². The van der Waals surface area contributed by atoms with Crippen molar-refractivity contribution in [1.82, 2.24) is 9.80 Å². The minimum Gasteiger partial charge on any atom is -0.374 e. The van der Waals surface area contributed by atoms with Crippen LogP contribution in [0.1, 0.15) is 33.6 Å². The Balaban J connectivity index is 2.05. The Labute approximate surface area is 108 Å². The minimum absolute atomic E-state index is 0.0735. The topological polar surface area (TPSA) is 49.9 Å². The molecule has 18 heavy (non-hydrogen) atoms. The maximum atomic E-state index is 12.3. The van der Waals surface area contributed by atoms with Gasteiger partial charge in [0.25, 0.3) is 0 Å². The Bertz CT molecular complexity index is 354. The first-order valence-electron chi connectivity index (χ1n) is 6.67. The third kappa shape index (κ3) is 2.51. The second kappa shape index (κ2) is 4.88. The number of carbonyl (C=O) groups is 2. The molecule has 2 saturated heterocycles. The predicted molar refractivity (Wildman–Crippen MR) is 67.0 cm³/mol. The fraction of sp³-hybridized carbons (Fsp3) is 0.846. The van der Waals surface area contributed by atoms with Crippen molar-refractivity contribution in [2.45, 2.75) is 45.3 Å². The number of piperazine rings is 1. The highest BCUT2D eigenvalue weighted by Crippen LogP contribution is 2.25. The summed E-state index contributed by atoms with van der Waals surface area (Å²) in [5.41, 5.74) is -0.397. The van der Waals surface area contributed by atoms with Gasteiger partial charge in [-0.3, -0.25) is 9.59 Å². The molecule has 2 rings (SSSR count). The van der Waals surface area contributed by atoms with Crippen LogP contribution in [0.2, 0.25) is 0 Å². The summed E-state index contributed by atoms with van der Waals surface area (Å²) in [7, 11) is 0. The van der Waals surface area contributed by atoms with E-state index in [0.717, 1.165) is 19.4 Å². The molecule has 0 aromatic carbocycles. The van der Waals surface area contributed by atoms with E-state index in [1.165, 1.54) is 0 Å². The van der Waals surface area contributed by atoms with Crippen LogP contribution in [0.3, 0.4) is 0 Å². The molecule has 1 unspecified atom stereocenters. The van der Waals surface area contributed by atoms with Crippen molar-refractivity contribution in [3.8, 4) is 0 Å². The molecular formula is C13H22N2O3. The van der Waals surface area contributed by atoms with Crippen molar-refractivity contribution < 1.29 is 14.3 Å². The SMILES string of the molecule is CCOC(C)(C)CN1CC(=O)N2CCCC2C1=O. The summed E-state index contributed by atoms with van der Waals surface area (Å²) < 4.78 is 5.61. The molecule has 0 bridgehead atoms. The zero-order valence-corrected chi connectivity index (χ0v) is 11.4. The zero-order chi connectivity index (χ0) is 13.3. The number of nitrogens with zero attached hydrogens (tertiary/aromatic N) is 2. The third-order valence-electron chi connectivity index (χ3n) is 3.60. The third-order valence-corrected chi connectivity index (χ3v) is 3.60. The van der Waals surface area contributed by atoms with Gasteiger partial charge < -0.3 is 14.5 Å². The van der Waals surface area contributed by atoms with Gasteiger partial charge in [-0.1, -0.05) is 0 Å². The van der Waals surface area contributed by atoms with Gasteiger partial charge in [0.1, 0.15) is 6.04 Å². The normalized spacial score (nSPS) is 24.7. The van der Waals surface area contributed by atoms with Crippen molar-refractivity contribution >= 4 is 11.8 Å². The van der Waals surface area contributed by atoms with Crippen LogP contribution in [-0.4, -0.2) is 59.5 Å². The van der Waals surface area contributed by atoms with Gasteiger partial charge in [-0.2, -0.15) is 0 Å². The van der Waals surface area contributed by atoms with Crippen LogP contribution in [0.25, 0.3) is 0 Å². The number of ether oxygens (including phenoxy) is 1. The highest BCUT2D eigenvalue weighted by atomic mass is 16.5. The average Bonchev–Trinajstić information content (AvgIpc) is 2.74. The lowest BCUT2D eigenvalue weighted by Crippen LogP contribution is -2.59. The molecular weight excluding hydrogens is 232 g/mol. The van der Waals surface area contributed by atoms with Gasteiger partial charge in [0.2, 0.25) is 11.8 Å². The van der Waals surface area contributed by atoms with Crippen LogP contribution in [0.4, 0.5) is 0 Å². The Morgan fingerprint density at radius 3 is 2.78 bits per heavy atom. The summed E-state index contributed by atoms with van der Waals surface area (Å²) in [6.45, 7) is 7.87. The fourth-order valence-corrected chi connectivity index (χ4v) is 2.89. The predicted octanol–water partition coefficient (Wildman–Crippen LogP) is 0.635. The molecule has 102 valence electrons. The van der Waals surface area contributed by atoms with Gasteiger partial charge in [0, 0.05) is 19.7 Å². The van der Waals surface area contributed by atoms with Crippen LogP contribution < -0.4 is 0 Å². The minimum atomic E-state index is -0.397. The van der Waals surface area contributed by atoms with Gasteiger partial charge in [-0.25, -0.2) is 0 Å². The molecule has 2 aliphatic heterocycles. The molecule has 0 spiro atoms. The summed E-state index contributed by atoms with van der Waals surface area (Å²) in [6.07, 6.45) is 1.74. The van der Waals surface area contributed by atoms with Crippen molar-refractivity contribution in [2.75, 3.05) is 26.2 Å². The maximum absolute atomic E-state index is 12.3. The van der Waals surface area contributed by atoms with Gasteiger partial charge in [0.15, 0.2) is 0 Å². The standard InChI is InChI=1S/C13H22N2O3/c1-4-18-13(2,3)9-14-8-11(16)15-7-5-6-10(15)12(14)17/h10H,4-9H2,1-3H3. The largest absolute Gasteiger partial charge is 0.374 e. The molecule has 0 aliphatic carbocycles. The fourth-order valence-electron chi connectivity index (χ4n) is 2.89. The Kier molecular flexibility index (Phi) is 3.61. The number of rotatable bonds is 4. The van der Waals surface area contributed by atoms with Crippen LogP contribution >= 0.6 is 0 Å². The van der Waals surface area contributed by atoms with Crippen LogP contribution in [0.15, 0.2) is 0 Å². The molecule has 5 nitrogen and oxygen atoms in total. The van der Waals surface area contributed by atoms with Gasteiger partial charge in [0.05, 0.1) is 12.1 Å². The molecule has 2 fully saturated rings. The van der Waals surface area contributed by atoms with Crippen molar-refractivity contribution in [2.24, 2.45) is 0 Å². The van der Waals surface area contributed by atoms with Crippen molar-refractivity contribution in [3.63, 3.8) is 0 Å². The van der Waals surface area contributed by atoms with E-state index in [0.29, 0.717) is 13.2 Å². The lowest BCUT2D eigenvalue weighted by atomic mass is 10.1. The molecule has 0 N–H and O–H groups in total. The van der Waals surface area contributed by atoms with E-state index >= 15 is 0 Å². The molecule has 0 aromatic heterocycles. The number of amides is 2. The Morgan fingerprint density at radius 1 is 1.39 bits per heavy atom. The lowest BCUT2D eigenvalue weighted by Gasteiger charge is -2.39. The molecule has 0 aromatic rings. The number of hydrogen-bond acceptors (Lipinski definition) is 3. The van der Waals surface area contributed by atoms with Crippen molar-refractivity contribution in [3.05, 3.63) is 0 Å². The maximum Gasteiger partial charge on any atom is 0.245 e. The van der Waals surface area contributed by atoms with E-state index in [1.807, 2.05) is 20.8 Å². The molecule has 1 atom stereocenters. The quantitative estimate of drug-likeness (QED) is 0.739. The lowest BCUT2D eigenvalue weighted by molar-refractivity contribution is -0.157. The van der Waals surface area contributed by atoms with Crippen LogP contribution in [0, 0.1) is 0 Å². The van der Waals surface area contributed by atoms with E-state index in [4.69, 9.17) is 4.74 Å². The summed E-state index contributed by atoms with van der Waals surface area (Å²) in [5, 5.41) is 0. The molecule has 2 heterocycles. The summed E-state index contributed by atoms with van der Waals surface area (Å²) in [6, 6.07) is -0.219. The smallest absolute Gasteiger partial charge is 0.245 e. The second-order valence-corrected chi connectivity index (χ2v) is 5.63. The molecule has 2 amide bonds. The van der Waals surface area contributed by atoms with Gasteiger partial charge in [-0.05, 0) is 33.6 Å². The summed E-state index contributed by atoms with van der Waals surface area (Å²) in [4.78, 5) is 27.7. The van der Waals surface area contributed by atoms with Crippen molar-refractivity contribution in [1.29, 1.82) is 0 Å². The zero-order valence-electron chi connectivity index (χ0n) is 11.4. The molecule has 0 saturated carbocycles. The van der Waals surface area contributed by atoms with E-state index < -0.39 is 5.60 Å². The number of hydrogen-bond donors (Lipinski definition) is 0. The number of fused-ring (bicyclic) bond motifs is 1. The van der Waals surface area contributed by atoms with Crippen LogP contribution in [-0.2, 0) is 14.3 Å². The second-order valence-electron chi connectivity index (χ2n) is 5.63. The first-order chi connectivity index (χ1) is 8.44. The van der Waals surface area contributed by atoms with Gasteiger partial charge in [-0.15, -0.1) is 0 Å². The molecule has 0 radical (unpaired) electrons. The number of carbonyl (C=O) groups excluding carboxylic acids is 2. The van der Waals surface area contributed by atoms with E-state index in [1.54, 1.807) is 9.80 Å². The Hall–Kier alpha value is -1.10. The Morgan fingerprint density at radius 2 is 2.11 bits per heavy atom. The summed E-state index contributed by atoms with van der Waals surface area (Å²) >= 11 is 0. The van der Waals surface area contributed by atoms with Crippen LogP contribution in [0.5, 0.6) is 0 Å². The first kappa shape index (κ1) is 13.3. The first-order valence-corrected chi connectivity index (χ1v) is 6.67. The van der Waals surface area contributed by atoms with E-state index in [-0.39, 0.29) is 24.4 Å².